The van der Waals surface area contributed by atoms with E-state index in [0.29, 0.717) is 17.5 Å². The maximum Gasteiger partial charge on any atom is 0.164 e. The molecule has 0 unspecified atom stereocenters. The van der Waals surface area contributed by atoms with Crippen molar-refractivity contribution in [2.45, 2.75) is 6.92 Å². The van der Waals surface area contributed by atoms with Gasteiger partial charge in [0.2, 0.25) is 0 Å². The molecule has 0 saturated heterocycles. The average molecular weight is 643 g/mol. The molecule has 9 aromatic rings. The van der Waals surface area contributed by atoms with Gasteiger partial charge in [0.05, 0.1) is 6.20 Å². The fourth-order valence-corrected chi connectivity index (χ4v) is 6.57. The summed E-state index contributed by atoms with van der Waals surface area (Å²) in [6.07, 6.45) is 3.71. The van der Waals surface area contributed by atoms with Crippen LogP contribution in [0.5, 0.6) is 0 Å². The monoisotopic (exact) mass is 642 g/mol. The molecule has 0 saturated carbocycles. The molecule has 236 valence electrons. The van der Waals surface area contributed by atoms with Crippen LogP contribution in [-0.2, 0) is 0 Å². The standard InChI is InChI=1S/C45H30N4O/c1-29-10-8-15-34(24-29)31-18-20-33(21-19-31)44-47-43(32-13-6-3-7-14-32)48-45(49-44)37-22-23-38-40(26-37)50-41-28-46-27-39(42(38)41)36-17-9-16-35(25-36)30-11-4-2-5-12-30/h2-28H,1H3. The SMILES string of the molecule is Cc1cccc(-c2ccc(-c3nc(-c4ccccc4)nc(-c4ccc5c(c4)oc4cncc(-c6cccc(-c7ccccc7)c6)c45)n3)cc2)c1. The van der Waals surface area contributed by atoms with Crippen LogP contribution in [0.3, 0.4) is 0 Å². The van der Waals surface area contributed by atoms with E-state index in [0.717, 1.165) is 60.9 Å². The van der Waals surface area contributed by atoms with Gasteiger partial charge in [-0.3, -0.25) is 4.98 Å². The van der Waals surface area contributed by atoms with Crippen LogP contribution in [0.15, 0.2) is 168 Å². The Labute approximate surface area is 289 Å². The third-order valence-electron chi connectivity index (χ3n) is 9.08. The number of hydrogen-bond donors (Lipinski definition) is 0. The summed E-state index contributed by atoms with van der Waals surface area (Å²) in [4.78, 5) is 19.5. The molecular formula is C45H30N4O. The van der Waals surface area contributed by atoms with Crippen LogP contribution >= 0.6 is 0 Å². The maximum absolute atomic E-state index is 6.45. The Kier molecular flexibility index (Phi) is 7.29. The van der Waals surface area contributed by atoms with Gasteiger partial charge in [0, 0.05) is 39.2 Å². The first-order chi connectivity index (χ1) is 24.7. The van der Waals surface area contributed by atoms with Gasteiger partial charge >= 0.3 is 0 Å². The van der Waals surface area contributed by atoms with Gasteiger partial charge in [-0.15, -0.1) is 0 Å². The van der Waals surface area contributed by atoms with E-state index in [1.807, 2.05) is 48.7 Å². The second-order valence-electron chi connectivity index (χ2n) is 12.4. The third kappa shape index (κ3) is 5.51. The molecule has 0 aliphatic carbocycles. The summed E-state index contributed by atoms with van der Waals surface area (Å²) in [6, 6.07) is 52.1. The zero-order valence-electron chi connectivity index (χ0n) is 27.3. The van der Waals surface area contributed by atoms with Crippen molar-refractivity contribution in [1.82, 2.24) is 19.9 Å². The number of fused-ring (bicyclic) bond motifs is 3. The molecule has 5 nitrogen and oxygen atoms in total. The topological polar surface area (TPSA) is 64.7 Å². The van der Waals surface area contributed by atoms with Gasteiger partial charge in [0.1, 0.15) is 5.58 Å². The molecule has 3 heterocycles. The molecule has 0 amide bonds. The molecule has 0 bridgehead atoms. The third-order valence-corrected chi connectivity index (χ3v) is 9.08. The fraction of sp³-hybridized carbons (Fsp3) is 0.0222. The summed E-state index contributed by atoms with van der Waals surface area (Å²) in [6.45, 7) is 2.11. The van der Waals surface area contributed by atoms with E-state index in [-0.39, 0.29) is 0 Å². The predicted molar refractivity (Wildman–Crippen MR) is 202 cm³/mol. The van der Waals surface area contributed by atoms with E-state index in [4.69, 9.17) is 19.4 Å². The number of rotatable bonds is 6. The minimum Gasteiger partial charge on any atom is -0.454 e. The number of aryl methyl sites for hydroxylation is 1. The first-order valence-electron chi connectivity index (χ1n) is 16.6. The van der Waals surface area contributed by atoms with Crippen molar-refractivity contribution >= 4 is 21.9 Å². The van der Waals surface area contributed by atoms with E-state index in [2.05, 4.69) is 121 Å². The number of furan rings is 1. The molecule has 50 heavy (non-hydrogen) atoms. The second-order valence-corrected chi connectivity index (χ2v) is 12.4. The van der Waals surface area contributed by atoms with Gasteiger partial charge in [-0.1, -0.05) is 139 Å². The lowest BCUT2D eigenvalue weighted by molar-refractivity contribution is 0.667. The van der Waals surface area contributed by atoms with Crippen LogP contribution in [0, 0.1) is 6.92 Å². The first kappa shape index (κ1) is 29.4. The molecule has 0 spiro atoms. The van der Waals surface area contributed by atoms with Crippen molar-refractivity contribution in [2.75, 3.05) is 0 Å². The Morgan fingerprint density at radius 2 is 0.940 bits per heavy atom. The largest absolute Gasteiger partial charge is 0.454 e. The van der Waals surface area contributed by atoms with Crippen LogP contribution < -0.4 is 0 Å². The molecule has 0 fully saturated rings. The molecule has 9 rings (SSSR count). The van der Waals surface area contributed by atoms with E-state index in [1.165, 1.54) is 16.7 Å². The van der Waals surface area contributed by atoms with Crippen molar-refractivity contribution in [3.05, 3.63) is 170 Å². The Bertz CT molecular complexity index is 2650. The molecule has 0 N–H and O–H groups in total. The highest BCUT2D eigenvalue weighted by Crippen LogP contribution is 2.38. The Balaban J connectivity index is 1.14. The van der Waals surface area contributed by atoms with E-state index in [1.54, 1.807) is 6.20 Å². The van der Waals surface area contributed by atoms with Gasteiger partial charge in [0.15, 0.2) is 23.1 Å². The van der Waals surface area contributed by atoms with Crippen molar-refractivity contribution in [1.29, 1.82) is 0 Å². The molecular weight excluding hydrogens is 613 g/mol. The van der Waals surface area contributed by atoms with Crippen molar-refractivity contribution in [3.63, 3.8) is 0 Å². The maximum atomic E-state index is 6.45. The second kappa shape index (κ2) is 12.4. The van der Waals surface area contributed by atoms with Crippen LogP contribution in [-0.4, -0.2) is 19.9 Å². The normalized spacial score (nSPS) is 11.3. The van der Waals surface area contributed by atoms with Gasteiger partial charge < -0.3 is 4.42 Å². The van der Waals surface area contributed by atoms with Crippen molar-refractivity contribution in [2.24, 2.45) is 0 Å². The summed E-state index contributed by atoms with van der Waals surface area (Å²) < 4.78 is 6.45. The van der Waals surface area contributed by atoms with E-state index < -0.39 is 0 Å². The first-order valence-corrected chi connectivity index (χ1v) is 16.6. The number of benzene rings is 6. The van der Waals surface area contributed by atoms with Crippen molar-refractivity contribution in [3.8, 4) is 67.5 Å². The van der Waals surface area contributed by atoms with Gasteiger partial charge in [-0.2, -0.15) is 0 Å². The van der Waals surface area contributed by atoms with Gasteiger partial charge in [-0.25, -0.2) is 15.0 Å². The average Bonchev–Trinajstić information content (AvgIpc) is 3.57. The summed E-state index contributed by atoms with van der Waals surface area (Å²) in [5, 5.41) is 2.04. The Morgan fingerprint density at radius 1 is 0.400 bits per heavy atom. The van der Waals surface area contributed by atoms with E-state index in [9.17, 15) is 0 Å². The fourth-order valence-electron chi connectivity index (χ4n) is 6.57. The predicted octanol–water partition coefficient (Wildman–Crippen LogP) is 11.5. The molecule has 0 atom stereocenters. The number of nitrogens with zero attached hydrogens (tertiary/aromatic N) is 4. The molecule has 3 aromatic heterocycles. The molecule has 0 radical (unpaired) electrons. The lowest BCUT2D eigenvalue weighted by Gasteiger charge is -2.09. The minimum absolute atomic E-state index is 0.577. The summed E-state index contributed by atoms with van der Waals surface area (Å²) >= 11 is 0. The molecule has 0 aliphatic heterocycles. The number of hydrogen-bond acceptors (Lipinski definition) is 5. The Hall–Kier alpha value is -6.72. The smallest absolute Gasteiger partial charge is 0.164 e. The summed E-state index contributed by atoms with van der Waals surface area (Å²) in [7, 11) is 0. The lowest BCUT2D eigenvalue weighted by atomic mass is 9.97. The minimum atomic E-state index is 0.577. The van der Waals surface area contributed by atoms with Crippen LogP contribution in [0.4, 0.5) is 0 Å². The zero-order valence-corrected chi connectivity index (χ0v) is 27.3. The lowest BCUT2D eigenvalue weighted by Crippen LogP contribution is -2.00. The number of aromatic nitrogens is 4. The highest BCUT2D eigenvalue weighted by Gasteiger charge is 2.17. The zero-order chi connectivity index (χ0) is 33.4. The highest BCUT2D eigenvalue weighted by atomic mass is 16.3. The quantitative estimate of drug-likeness (QED) is 0.181. The van der Waals surface area contributed by atoms with Gasteiger partial charge in [-0.05, 0) is 52.9 Å². The van der Waals surface area contributed by atoms with Crippen molar-refractivity contribution < 1.29 is 4.42 Å². The molecule has 0 aliphatic rings. The van der Waals surface area contributed by atoms with Crippen LogP contribution in [0.25, 0.3) is 89.5 Å². The van der Waals surface area contributed by atoms with Crippen LogP contribution in [0.2, 0.25) is 0 Å². The number of pyridine rings is 1. The highest BCUT2D eigenvalue weighted by molar-refractivity contribution is 6.12. The summed E-state index contributed by atoms with van der Waals surface area (Å²) in [5.74, 6) is 1.80. The van der Waals surface area contributed by atoms with Gasteiger partial charge in [0.25, 0.3) is 0 Å². The van der Waals surface area contributed by atoms with E-state index >= 15 is 0 Å². The summed E-state index contributed by atoms with van der Waals surface area (Å²) in [5.41, 5.74) is 12.1. The Morgan fingerprint density at radius 3 is 1.66 bits per heavy atom. The van der Waals surface area contributed by atoms with Crippen LogP contribution in [0.1, 0.15) is 5.56 Å². The molecule has 5 heteroatoms. The molecule has 6 aromatic carbocycles.